The fourth-order valence-corrected chi connectivity index (χ4v) is 3.77. The lowest BCUT2D eigenvalue weighted by molar-refractivity contribution is 0.102. The Bertz CT molecular complexity index is 952. The number of aryl methyl sites for hydroxylation is 3. The molecule has 0 fully saturated rings. The molecular formula is C20H20ClN3OS. The molecule has 0 saturated heterocycles. The summed E-state index contributed by atoms with van der Waals surface area (Å²) in [4.78, 5) is 17.8. The normalized spacial score (nSPS) is 10.6. The molecule has 0 saturated carbocycles. The quantitative estimate of drug-likeness (QED) is 0.568. The lowest BCUT2D eigenvalue weighted by Crippen LogP contribution is -2.12. The Morgan fingerprint density at radius 2 is 1.92 bits per heavy atom. The molecule has 6 heteroatoms. The number of carbonyl (C=O) groups is 1. The van der Waals surface area contributed by atoms with Crippen LogP contribution in [0.3, 0.4) is 0 Å². The van der Waals surface area contributed by atoms with Crippen LogP contribution >= 0.6 is 22.9 Å². The number of halogens is 1. The molecule has 3 rings (SSSR count). The third-order valence-corrected chi connectivity index (χ3v) is 5.39. The fourth-order valence-electron chi connectivity index (χ4n) is 2.67. The molecule has 0 aliphatic rings. The summed E-state index contributed by atoms with van der Waals surface area (Å²) in [7, 11) is 0. The van der Waals surface area contributed by atoms with Crippen LogP contribution in [0.2, 0.25) is 5.02 Å². The lowest BCUT2D eigenvalue weighted by Gasteiger charge is -2.08. The van der Waals surface area contributed by atoms with Gasteiger partial charge in [-0.05, 0) is 55.7 Å². The van der Waals surface area contributed by atoms with E-state index >= 15 is 0 Å². The van der Waals surface area contributed by atoms with Crippen molar-refractivity contribution in [3.63, 3.8) is 0 Å². The van der Waals surface area contributed by atoms with E-state index < -0.39 is 0 Å². The van der Waals surface area contributed by atoms with E-state index in [1.807, 2.05) is 44.2 Å². The number of rotatable bonds is 5. The van der Waals surface area contributed by atoms with Crippen LogP contribution in [0.4, 0.5) is 16.5 Å². The zero-order valence-corrected chi connectivity index (χ0v) is 16.5. The molecule has 2 aromatic carbocycles. The van der Waals surface area contributed by atoms with E-state index in [2.05, 4.69) is 28.6 Å². The van der Waals surface area contributed by atoms with E-state index in [9.17, 15) is 4.79 Å². The number of hydrogen-bond donors (Lipinski definition) is 2. The minimum absolute atomic E-state index is 0.165. The van der Waals surface area contributed by atoms with Gasteiger partial charge >= 0.3 is 0 Å². The van der Waals surface area contributed by atoms with Crippen LogP contribution in [0.5, 0.6) is 0 Å². The van der Waals surface area contributed by atoms with Gasteiger partial charge in [0.05, 0.1) is 5.69 Å². The standard InChI is InChI=1S/C20H20ClN3OS/c1-4-14-7-5-6-8-17(14)24-20-22-13(3)18(26-20)19(25)23-16-10-9-15(21)11-12(16)2/h5-11H,4H2,1-3H3,(H,22,24)(H,23,25). The molecule has 26 heavy (non-hydrogen) atoms. The van der Waals surface area contributed by atoms with Crippen molar-refractivity contribution in [1.82, 2.24) is 4.98 Å². The number of nitrogens with zero attached hydrogens (tertiary/aromatic N) is 1. The van der Waals surface area contributed by atoms with E-state index in [4.69, 9.17) is 11.6 Å². The SMILES string of the molecule is CCc1ccccc1Nc1nc(C)c(C(=O)Nc2ccc(Cl)cc2C)s1. The maximum absolute atomic E-state index is 12.7. The molecule has 0 aliphatic heterocycles. The van der Waals surface area contributed by atoms with E-state index in [0.29, 0.717) is 20.7 Å². The largest absolute Gasteiger partial charge is 0.331 e. The third-order valence-electron chi connectivity index (χ3n) is 4.08. The maximum atomic E-state index is 12.7. The highest BCUT2D eigenvalue weighted by molar-refractivity contribution is 7.17. The van der Waals surface area contributed by atoms with Gasteiger partial charge in [-0.15, -0.1) is 0 Å². The van der Waals surface area contributed by atoms with E-state index in [-0.39, 0.29) is 5.91 Å². The van der Waals surface area contributed by atoms with Gasteiger partial charge in [-0.3, -0.25) is 4.79 Å². The Morgan fingerprint density at radius 3 is 2.65 bits per heavy atom. The molecule has 0 unspecified atom stereocenters. The van der Waals surface area contributed by atoms with Gasteiger partial charge in [0.25, 0.3) is 5.91 Å². The summed E-state index contributed by atoms with van der Waals surface area (Å²) in [5.74, 6) is -0.165. The van der Waals surface area contributed by atoms with E-state index in [1.54, 1.807) is 6.07 Å². The van der Waals surface area contributed by atoms with E-state index in [1.165, 1.54) is 16.9 Å². The summed E-state index contributed by atoms with van der Waals surface area (Å²) in [6.07, 6.45) is 0.927. The van der Waals surface area contributed by atoms with Crippen LogP contribution in [0.1, 0.15) is 33.4 Å². The molecule has 1 amide bonds. The number of anilines is 3. The van der Waals surface area contributed by atoms with Gasteiger partial charge in [0.1, 0.15) is 4.88 Å². The number of nitrogens with one attached hydrogen (secondary N) is 2. The lowest BCUT2D eigenvalue weighted by atomic mass is 10.1. The minimum Gasteiger partial charge on any atom is -0.331 e. The second-order valence-corrected chi connectivity index (χ2v) is 7.42. The summed E-state index contributed by atoms with van der Waals surface area (Å²) in [6.45, 7) is 5.87. The first-order valence-electron chi connectivity index (χ1n) is 8.37. The van der Waals surface area contributed by atoms with Crippen molar-refractivity contribution in [2.24, 2.45) is 0 Å². The molecule has 134 valence electrons. The summed E-state index contributed by atoms with van der Waals surface area (Å²) in [5.41, 5.74) is 4.60. The average Bonchev–Trinajstić information content (AvgIpc) is 2.98. The van der Waals surface area contributed by atoms with Crippen molar-refractivity contribution < 1.29 is 4.79 Å². The molecule has 1 heterocycles. The summed E-state index contributed by atoms with van der Waals surface area (Å²) < 4.78 is 0. The third kappa shape index (κ3) is 4.06. The molecule has 0 atom stereocenters. The van der Waals surface area contributed by atoms with Gasteiger partial charge < -0.3 is 10.6 Å². The summed E-state index contributed by atoms with van der Waals surface area (Å²) in [5, 5.41) is 7.63. The number of benzene rings is 2. The van der Waals surface area contributed by atoms with Gasteiger partial charge in [0, 0.05) is 16.4 Å². The number of amides is 1. The topological polar surface area (TPSA) is 54.0 Å². The minimum atomic E-state index is -0.165. The van der Waals surface area contributed by atoms with Crippen molar-refractivity contribution >= 4 is 45.4 Å². The number of thiazole rings is 1. The van der Waals surface area contributed by atoms with Crippen LogP contribution in [0, 0.1) is 13.8 Å². The molecule has 2 N–H and O–H groups in total. The van der Waals surface area contributed by atoms with E-state index in [0.717, 1.165) is 23.4 Å². The molecule has 3 aromatic rings. The van der Waals surface area contributed by atoms with Crippen LogP contribution < -0.4 is 10.6 Å². The Hall–Kier alpha value is -2.37. The second-order valence-electron chi connectivity index (χ2n) is 5.98. The Morgan fingerprint density at radius 1 is 1.15 bits per heavy atom. The average molecular weight is 386 g/mol. The molecule has 0 spiro atoms. The van der Waals surface area contributed by atoms with Crippen LogP contribution in [-0.2, 0) is 6.42 Å². The first kappa shape index (κ1) is 18.4. The smallest absolute Gasteiger partial charge is 0.267 e. The summed E-state index contributed by atoms with van der Waals surface area (Å²) >= 11 is 7.32. The molecule has 0 radical (unpaired) electrons. The number of carbonyl (C=O) groups excluding carboxylic acids is 1. The van der Waals surface area contributed by atoms with Crippen molar-refractivity contribution in [3.8, 4) is 0 Å². The van der Waals surface area contributed by atoms with Gasteiger partial charge in [0.15, 0.2) is 5.13 Å². The van der Waals surface area contributed by atoms with Gasteiger partial charge in [0.2, 0.25) is 0 Å². The molecule has 0 aliphatic carbocycles. The Labute approximate surface area is 162 Å². The Kier molecular flexibility index (Phi) is 5.59. The molecule has 0 bridgehead atoms. The van der Waals surface area contributed by atoms with Gasteiger partial charge in [-0.2, -0.15) is 0 Å². The highest BCUT2D eigenvalue weighted by atomic mass is 35.5. The molecule has 4 nitrogen and oxygen atoms in total. The van der Waals surface area contributed by atoms with Crippen molar-refractivity contribution in [2.45, 2.75) is 27.2 Å². The Balaban J connectivity index is 1.80. The van der Waals surface area contributed by atoms with Gasteiger partial charge in [-0.25, -0.2) is 4.98 Å². The second kappa shape index (κ2) is 7.89. The zero-order chi connectivity index (χ0) is 18.7. The summed E-state index contributed by atoms with van der Waals surface area (Å²) in [6, 6.07) is 13.5. The first-order chi connectivity index (χ1) is 12.5. The van der Waals surface area contributed by atoms with Crippen LogP contribution in [-0.4, -0.2) is 10.9 Å². The highest BCUT2D eigenvalue weighted by Gasteiger charge is 2.17. The number of para-hydroxylation sites is 1. The predicted molar refractivity (Wildman–Crippen MR) is 110 cm³/mol. The van der Waals surface area contributed by atoms with Crippen molar-refractivity contribution in [3.05, 3.63) is 69.2 Å². The molecule has 1 aromatic heterocycles. The number of aromatic nitrogens is 1. The van der Waals surface area contributed by atoms with Crippen LogP contribution in [0.25, 0.3) is 0 Å². The molecular weight excluding hydrogens is 366 g/mol. The first-order valence-corrected chi connectivity index (χ1v) is 9.57. The fraction of sp³-hybridized carbons (Fsp3) is 0.200. The van der Waals surface area contributed by atoms with Gasteiger partial charge in [-0.1, -0.05) is 48.1 Å². The van der Waals surface area contributed by atoms with Crippen LogP contribution in [0.15, 0.2) is 42.5 Å². The predicted octanol–water partition coefficient (Wildman–Crippen LogP) is 5.97. The maximum Gasteiger partial charge on any atom is 0.267 e. The van der Waals surface area contributed by atoms with Crippen molar-refractivity contribution in [1.29, 1.82) is 0 Å². The van der Waals surface area contributed by atoms with Crippen molar-refractivity contribution in [2.75, 3.05) is 10.6 Å². The highest BCUT2D eigenvalue weighted by Crippen LogP contribution is 2.29. The zero-order valence-electron chi connectivity index (χ0n) is 14.9. The monoisotopic (exact) mass is 385 g/mol. The number of hydrogen-bond acceptors (Lipinski definition) is 4.